The van der Waals surface area contributed by atoms with Crippen LogP contribution < -0.4 is 5.73 Å². The molecule has 1 fully saturated rings. The first-order valence-electron chi connectivity index (χ1n) is 6.73. The van der Waals surface area contributed by atoms with Gasteiger partial charge in [-0.25, -0.2) is 4.98 Å². The molecule has 3 rings (SSSR count). The van der Waals surface area contributed by atoms with Gasteiger partial charge in [0.2, 0.25) is 0 Å². The molecule has 3 heterocycles. The predicted octanol–water partition coefficient (Wildman–Crippen LogP) is 1.94. The lowest BCUT2D eigenvalue weighted by Gasteiger charge is -2.21. The third-order valence-electron chi connectivity index (χ3n) is 3.87. The molecule has 0 saturated carbocycles. The molecule has 0 aliphatic carbocycles. The molecular formula is C14H20N4. The number of pyridine rings is 1. The van der Waals surface area contributed by atoms with E-state index in [0.717, 1.165) is 24.3 Å². The second-order valence-corrected chi connectivity index (χ2v) is 5.09. The van der Waals surface area contributed by atoms with Crippen molar-refractivity contribution in [3.8, 4) is 0 Å². The maximum atomic E-state index is 5.78. The number of hydrogen-bond acceptors (Lipinski definition) is 3. The van der Waals surface area contributed by atoms with E-state index < -0.39 is 0 Å². The zero-order valence-corrected chi connectivity index (χ0v) is 10.8. The molecule has 4 nitrogen and oxygen atoms in total. The van der Waals surface area contributed by atoms with E-state index in [1.807, 2.05) is 22.7 Å². The van der Waals surface area contributed by atoms with Gasteiger partial charge in [0.25, 0.3) is 0 Å². The van der Waals surface area contributed by atoms with E-state index in [0.29, 0.717) is 6.04 Å². The van der Waals surface area contributed by atoms with Gasteiger partial charge in [-0.2, -0.15) is 0 Å². The molecule has 0 aromatic carbocycles. The fourth-order valence-corrected chi connectivity index (χ4v) is 2.94. The van der Waals surface area contributed by atoms with Gasteiger partial charge in [-0.05, 0) is 38.1 Å². The van der Waals surface area contributed by atoms with Crippen molar-refractivity contribution in [2.45, 2.75) is 32.2 Å². The predicted molar refractivity (Wildman–Crippen MR) is 73.6 cm³/mol. The van der Waals surface area contributed by atoms with E-state index in [-0.39, 0.29) is 0 Å². The molecule has 0 spiro atoms. The Morgan fingerprint density at radius 3 is 3.11 bits per heavy atom. The van der Waals surface area contributed by atoms with Crippen LogP contribution in [0.25, 0.3) is 5.65 Å². The Bertz CT molecular complexity index is 546. The van der Waals surface area contributed by atoms with E-state index >= 15 is 0 Å². The maximum absolute atomic E-state index is 5.78. The molecule has 1 unspecified atom stereocenters. The van der Waals surface area contributed by atoms with Crippen LogP contribution in [-0.4, -0.2) is 33.4 Å². The topological polar surface area (TPSA) is 46.6 Å². The monoisotopic (exact) mass is 244 g/mol. The summed E-state index contributed by atoms with van der Waals surface area (Å²) in [6.07, 6.45) is 7.70. The second kappa shape index (κ2) is 4.61. The summed E-state index contributed by atoms with van der Waals surface area (Å²) in [5.74, 6) is 0. The second-order valence-electron chi connectivity index (χ2n) is 5.09. The van der Waals surface area contributed by atoms with Crippen LogP contribution >= 0.6 is 0 Å². The number of aromatic nitrogens is 2. The van der Waals surface area contributed by atoms with E-state index in [1.54, 1.807) is 0 Å². The summed E-state index contributed by atoms with van der Waals surface area (Å²) in [5, 5.41) is 0. The molecule has 0 amide bonds. The summed E-state index contributed by atoms with van der Waals surface area (Å²) in [5.41, 5.74) is 8.72. The smallest absolute Gasteiger partial charge is 0.137 e. The lowest BCUT2D eigenvalue weighted by molar-refractivity contribution is 0.265. The highest BCUT2D eigenvalue weighted by atomic mass is 15.2. The minimum atomic E-state index is 0.664. The van der Waals surface area contributed by atoms with Crippen molar-refractivity contribution in [3.63, 3.8) is 0 Å². The first-order valence-corrected chi connectivity index (χ1v) is 6.73. The Balaban J connectivity index is 1.82. The van der Waals surface area contributed by atoms with Gasteiger partial charge in [-0.3, -0.25) is 0 Å². The maximum Gasteiger partial charge on any atom is 0.137 e. The van der Waals surface area contributed by atoms with Crippen LogP contribution in [-0.2, 0) is 6.42 Å². The lowest BCUT2D eigenvalue weighted by atomic mass is 10.1. The van der Waals surface area contributed by atoms with E-state index in [4.69, 9.17) is 5.73 Å². The highest BCUT2D eigenvalue weighted by molar-refractivity contribution is 5.48. The standard InChI is InChI=1S/C14H20N4/c1-2-17-7-3-4-13(17)8-12-10-18-9-11(15)5-6-14(18)16-12/h5-6,9-10,13H,2-4,7-8,15H2,1H3. The van der Waals surface area contributed by atoms with Gasteiger partial charge in [-0.1, -0.05) is 6.92 Å². The third kappa shape index (κ3) is 2.08. The van der Waals surface area contributed by atoms with Gasteiger partial charge in [-0.15, -0.1) is 0 Å². The van der Waals surface area contributed by atoms with Crippen molar-refractivity contribution < 1.29 is 0 Å². The van der Waals surface area contributed by atoms with Crippen molar-refractivity contribution in [3.05, 3.63) is 30.2 Å². The highest BCUT2D eigenvalue weighted by Crippen LogP contribution is 2.20. The van der Waals surface area contributed by atoms with Gasteiger partial charge in [0, 0.05) is 30.5 Å². The summed E-state index contributed by atoms with van der Waals surface area (Å²) in [4.78, 5) is 7.22. The van der Waals surface area contributed by atoms with Gasteiger partial charge in [0.15, 0.2) is 0 Å². The quantitative estimate of drug-likeness (QED) is 0.897. The largest absolute Gasteiger partial charge is 0.398 e. The highest BCUT2D eigenvalue weighted by Gasteiger charge is 2.23. The number of nitrogens with zero attached hydrogens (tertiary/aromatic N) is 3. The number of fused-ring (bicyclic) bond motifs is 1. The summed E-state index contributed by atoms with van der Waals surface area (Å²) in [6.45, 7) is 4.62. The Hall–Kier alpha value is -1.55. The van der Waals surface area contributed by atoms with Crippen LogP contribution in [0.4, 0.5) is 5.69 Å². The lowest BCUT2D eigenvalue weighted by Crippen LogP contribution is -2.30. The molecule has 0 bridgehead atoms. The fourth-order valence-electron chi connectivity index (χ4n) is 2.94. The van der Waals surface area contributed by atoms with Crippen molar-refractivity contribution >= 4 is 11.3 Å². The average molecular weight is 244 g/mol. The Labute approximate surface area is 107 Å². The summed E-state index contributed by atoms with van der Waals surface area (Å²) >= 11 is 0. The minimum absolute atomic E-state index is 0.664. The number of rotatable bonds is 3. The Morgan fingerprint density at radius 2 is 2.28 bits per heavy atom. The molecule has 1 atom stereocenters. The molecule has 4 heteroatoms. The fraction of sp³-hybridized carbons (Fsp3) is 0.500. The average Bonchev–Trinajstić information content (AvgIpc) is 2.94. The van der Waals surface area contributed by atoms with Crippen LogP contribution in [0.1, 0.15) is 25.5 Å². The molecular weight excluding hydrogens is 224 g/mol. The van der Waals surface area contributed by atoms with Crippen molar-refractivity contribution in [2.75, 3.05) is 18.8 Å². The number of likely N-dealkylation sites (tertiary alicyclic amines) is 1. The molecule has 0 radical (unpaired) electrons. The van der Waals surface area contributed by atoms with Gasteiger partial charge in [0.05, 0.1) is 5.69 Å². The van der Waals surface area contributed by atoms with Crippen molar-refractivity contribution in [2.24, 2.45) is 0 Å². The molecule has 2 aromatic heterocycles. The number of hydrogen-bond donors (Lipinski definition) is 1. The van der Waals surface area contributed by atoms with Crippen LogP contribution in [0.5, 0.6) is 0 Å². The van der Waals surface area contributed by atoms with Gasteiger partial charge in [0.1, 0.15) is 5.65 Å². The number of likely N-dealkylation sites (N-methyl/N-ethyl adjacent to an activating group) is 1. The molecule has 2 N–H and O–H groups in total. The molecule has 1 aliphatic rings. The van der Waals surface area contributed by atoms with Crippen LogP contribution in [0.15, 0.2) is 24.5 Å². The molecule has 18 heavy (non-hydrogen) atoms. The van der Waals surface area contributed by atoms with Gasteiger partial charge >= 0.3 is 0 Å². The Kier molecular flexibility index (Phi) is 2.96. The van der Waals surface area contributed by atoms with Crippen molar-refractivity contribution in [1.29, 1.82) is 0 Å². The summed E-state index contributed by atoms with van der Waals surface area (Å²) in [7, 11) is 0. The molecule has 2 aromatic rings. The van der Waals surface area contributed by atoms with Crippen molar-refractivity contribution in [1.82, 2.24) is 14.3 Å². The summed E-state index contributed by atoms with van der Waals surface area (Å²) in [6, 6.07) is 4.54. The zero-order valence-electron chi connectivity index (χ0n) is 10.8. The Morgan fingerprint density at radius 1 is 1.39 bits per heavy atom. The first kappa shape index (κ1) is 11.5. The number of imidazole rings is 1. The molecule has 1 saturated heterocycles. The van der Waals surface area contributed by atoms with Crippen LogP contribution in [0, 0.1) is 0 Å². The third-order valence-corrected chi connectivity index (χ3v) is 3.87. The molecule has 1 aliphatic heterocycles. The summed E-state index contributed by atoms with van der Waals surface area (Å²) < 4.78 is 2.02. The van der Waals surface area contributed by atoms with Gasteiger partial charge < -0.3 is 15.0 Å². The first-order chi connectivity index (χ1) is 8.76. The van der Waals surface area contributed by atoms with E-state index in [2.05, 4.69) is 23.0 Å². The number of anilines is 1. The molecule has 96 valence electrons. The SMILES string of the molecule is CCN1CCCC1Cc1cn2cc(N)ccc2n1. The van der Waals surface area contributed by atoms with Crippen LogP contribution in [0.2, 0.25) is 0 Å². The minimum Gasteiger partial charge on any atom is -0.398 e. The van der Waals surface area contributed by atoms with E-state index in [9.17, 15) is 0 Å². The van der Waals surface area contributed by atoms with E-state index in [1.165, 1.54) is 25.1 Å². The van der Waals surface area contributed by atoms with Crippen LogP contribution in [0.3, 0.4) is 0 Å². The number of nitrogen functional groups attached to an aromatic ring is 1. The normalized spacial score (nSPS) is 20.8. The zero-order chi connectivity index (χ0) is 12.5. The number of nitrogens with two attached hydrogens (primary N) is 1.